The van der Waals surface area contributed by atoms with E-state index in [1.807, 2.05) is 0 Å². The second-order valence-electron chi connectivity index (χ2n) is 12.5. The first-order valence-corrected chi connectivity index (χ1v) is 16.2. The average molecular weight is 585 g/mol. The Hall–Kier alpha value is -5.72. The van der Waals surface area contributed by atoms with Crippen LogP contribution in [0.3, 0.4) is 0 Å². The lowest BCUT2D eigenvalue weighted by Crippen LogP contribution is -2.04. The third kappa shape index (κ3) is 4.54. The zero-order valence-electron chi connectivity index (χ0n) is 25.5. The topological polar surface area (TPSA) is 0 Å². The third-order valence-electron chi connectivity index (χ3n) is 9.78. The Kier molecular flexibility index (Phi) is 6.39. The van der Waals surface area contributed by atoms with Crippen LogP contribution < -0.4 is 0 Å². The van der Waals surface area contributed by atoms with Gasteiger partial charge in [-0.3, -0.25) is 0 Å². The van der Waals surface area contributed by atoms with Crippen LogP contribution in [0.1, 0.15) is 23.5 Å². The monoisotopic (exact) mass is 584 g/mol. The Morgan fingerprint density at radius 2 is 0.913 bits per heavy atom. The van der Waals surface area contributed by atoms with Crippen LogP contribution in [0, 0.1) is 0 Å². The van der Waals surface area contributed by atoms with Crippen molar-refractivity contribution in [3.8, 4) is 22.3 Å². The van der Waals surface area contributed by atoms with Crippen molar-refractivity contribution >= 4 is 48.7 Å². The van der Waals surface area contributed by atoms with Crippen LogP contribution in [-0.4, -0.2) is 0 Å². The van der Waals surface area contributed by atoms with E-state index in [1.165, 1.54) is 82.0 Å². The van der Waals surface area contributed by atoms with Crippen molar-refractivity contribution in [2.75, 3.05) is 0 Å². The lowest BCUT2D eigenvalue weighted by molar-refractivity contribution is 0.884. The van der Waals surface area contributed by atoms with Crippen molar-refractivity contribution in [1.29, 1.82) is 0 Å². The molecule has 1 aliphatic rings. The van der Waals surface area contributed by atoms with Gasteiger partial charge in [0.15, 0.2) is 0 Å². The molecular weight excluding hydrogens is 553 g/mol. The van der Waals surface area contributed by atoms with E-state index in [-0.39, 0.29) is 5.92 Å². The normalized spacial score (nSPS) is 14.7. The molecule has 0 N–H and O–H groups in total. The van der Waals surface area contributed by atoms with E-state index >= 15 is 0 Å². The Labute approximate surface area is 269 Å². The van der Waals surface area contributed by atoms with Gasteiger partial charge in [-0.1, -0.05) is 158 Å². The SMILES string of the molecule is C1=CC(c2c3ccccc3c(-c3ccc4ccccc4c3)c3ccccc23)CC(c2ccc3cc(-c4ccccc4)ccc3c2)=C1. The molecule has 216 valence electrons. The molecule has 1 unspecified atom stereocenters. The fourth-order valence-corrected chi connectivity index (χ4v) is 7.56. The van der Waals surface area contributed by atoms with E-state index in [4.69, 9.17) is 0 Å². The molecule has 1 atom stereocenters. The van der Waals surface area contributed by atoms with Gasteiger partial charge < -0.3 is 0 Å². The highest BCUT2D eigenvalue weighted by molar-refractivity contribution is 6.16. The van der Waals surface area contributed by atoms with Crippen molar-refractivity contribution in [2.24, 2.45) is 0 Å². The molecule has 1 aliphatic carbocycles. The second kappa shape index (κ2) is 11.0. The highest BCUT2D eigenvalue weighted by Gasteiger charge is 2.23. The summed E-state index contributed by atoms with van der Waals surface area (Å²) in [6.07, 6.45) is 7.95. The van der Waals surface area contributed by atoms with E-state index in [0.717, 1.165) is 6.42 Å². The van der Waals surface area contributed by atoms with Gasteiger partial charge in [0.2, 0.25) is 0 Å². The summed E-state index contributed by atoms with van der Waals surface area (Å²) in [4.78, 5) is 0. The van der Waals surface area contributed by atoms with E-state index in [1.54, 1.807) is 0 Å². The Balaban J connectivity index is 1.14. The first-order valence-electron chi connectivity index (χ1n) is 16.2. The van der Waals surface area contributed by atoms with Crippen LogP contribution in [0.25, 0.3) is 70.9 Å². The van der Waals surface area contributed by atoms with Gasteiger partial charge in [-0.2, -0.15) is 0 Å². The zero-order valence-corrected chi connectivity index (χ0v) is 25.5. The van der Waals surface area contributed by atoms with Gasteiger partial charge in [-0.15, -0.1) is 0 Å². The molecule has 0 aromatic heterocycles. The second-order valence-corrected chi connectivity index (χ2v) is 12.5. The first-order chi connectivity index (χ1) is 22.8. The molecule has 0 heterocycles. The molecule has 0 saturated carbocycles. The molecule has 0 aliphatic heterocycles. The molecule has 0 nitrogen and oxygen atoms in total. The maximum Gasteiger partial charge on any atom is 0.00740 e. The summed E-state index contributed by atoms with van der Waals surface area (Å²) in [6, 6.07) is 58.0. The fourth-order valence-electron chi connectivity index (χ4n) is 7.56. The number of hydrogen-bond donors (Lipinski definition) is 0. The predicted molar refractivity (Wildman–Crippen MR) is 198 cm³/mol. The van der Waals surface area contributed by atoms with Gasteiger partial charge in [0.25, 0.3) is 0 Å². The van der Waals surface area contributed by atoms with E-state index in [9.17, 15) is 0 Å². The molecule has 0 amide bonds. The maximum atomic E-state index is 2.40. The van der Waals surface area contributed by atoms with Crippen LogP contribution in [0.2, 0.25) is 0 Å². The van der Waals surface area contributed by atoms with E-state index in [0.29, 0.717) is 0 Å². The summed E-state index contributed by atoms with van der Waals surface area (Å²) in [6.45, 7) is 0. The van der Waals surface area contributed by atoms with Crippen LogP contribution >= 0.6 is 0 Å². The molecule has 46 heavy (non-hydrogen) atoms. The Morgan fingerprint density at radius 1 is 0.391 bits per heavy atom. The van der Waals surface area contributed by atoms with Gasteiger partial charge >= 0.3 is 0 Å². The molecule has 0 radical (unpaired) electrons. The minimum Gasteiger partial charge on any atom is -0.0766 e. The van der Waals surface area contributed by atoms with Gasteiger partial charge in [-0.25, -0.2) is 0 Å². The van der Waals surface area contributed by atoms with Crippen molar-refractivity contribution in [1.82, 2.24) is 0 Å². The molecular formula is C46H32. The van der Waals surface area contributed by atoms with Crippen molar-refractivity contribution in [3.63, 3.8) is 0 Å². The molecule has 8 aromatic rings. The van der Waals surface area contributed by atoms with Gasteiger partial charge in [-0.05, 0) is 107 Å². The number of rotatable bonds is 4. The average Bonchev–Trinajstić information content (AvgIpc) is 3.13. The summed E-state index contributed by atoms with van der Waals surface area (Å²) in [7, 11) is 0. The molecule has 0 heteroatoms. The van der Waals surface area contributed by atoms with Crippen LogP contribution in [0.4, 0.5) is 0 Å². The van der Waals surface area contributed by atoms with Crippen LogP contribution in [-0.2, 0) is 0 Å². The van der Waals surface area contributed by atoms with Crippen molar-refractivity contribution < 1.29 is 0 Å². The highest BCUT2D eigenvalue weighted by Crippen LogP contribution is 2.46. The Morgan fingerprint density at radius 3 is 1.65 bits per heavy atom. The quantitative estimate of drug-likeness (QED) is 0.181. The smallest absolute Gasteiger partial charge is 0.00740 e. The summed E-state index contributed by atoms with van der Waals surface area (Å²) in [5.41, 5.74) is 9.20. The molecule has 0 saturated heterocycles. The highest BCUT2D eigenvalue weighted by atomic mass is 14.3. The number of benzene rings is 8. The number of fused-ring (bicyclic) bond motifs is 4. The third-order valence-corrected chi connectivity index (χ3v) is 9.78. The summed E-state index contributed by atoms with van der Waals surface area (Å²) < 4.78 is 0. The van der Waals surface area contributed by atoms with Gasteiger partial charge in [0.05, 0.1) is 0 Å². The molecule has 0 fully saturated rings. The predicted octanol–water partition coefficient (Wildman–Crippen LogP) is 12.8. The molecule has 9 rings (SSSR count). The van der Waals surface area contributed by atoms with Crippen molar-refractivity contribution in [3.05, 3.63) is 187 Å². The van der Waals surface area contributed by atoms with Gasteiger partial charge in [0, 0.05) is 5.92 Å². The number of hydrogen-bond acceptors (Lipinski definition) is 0. The summed E-state index contributed by atoms with van der Waals surface area (Å²) in [5, 5.41) is 10.4. The van der Waals surface area contributed by atoms with Crippen LogP contribution in [0.15, 0.2) is 176 Å². The lowest BCUT2D eigenvalue weighted by Gasteiger charge is -2.25. The minimum absolute atomic E-state index is 0.275. The summed E-state index contributed by atoms with van der Waals surface area (Å²) >= 11 is 0. The molecule has 0 spiro atoms. The molecule has 0 bridgehead atoms. The summed E-state index contributed by atoms with van der Waals surface area (Å²) in [5.74, 6) is 0.275. The standard InChI is InChI=1S/C46H32/c1-2-11-31(12-3-1)35-22-23-38-28-36(24-25-37(38)27-35)34-15-10-16-39(30-34)45-41-17-6-8-19-43(41)46(44-20-9-7-18-42(44)45)40-26-21-32-13-4-5-14-33(32)29-40/h1-29,39H,30H2. The Bertz CT molecular complexity index is 2440. The van der Waals surface area contributed by atoms with Gasteiger partial charge in [0.1, 0.15) is 0 Å². The van der Waals surface area contributed by atoms with Crippen LogP contribution in [0.5, 0.6) is 0 Å². The van der Waals surface area contributed by atoms with E-state index in [2.05, 4.69) is 176 Å². The minimum atomic E-state index is 0.275. The maximum absolute atomic E-state index is 2.40. The van der Waals surface area contributed by atoms with E-state index < -0.39 is 0 Å². The fraction of sp³-hybridized carbons (Fsp3) is 0.0435. The zero-order chi connectivity index (χ0) is 30.5. The number of allylic oxidation sites excluding steroid dienone is 4. The largest absolute Gasteiger partial charge is 0.0766 e. The lowest BCUT2D eigenvalue weighted by atomic mass is 9.79. The molecule has 8 aromatic carbocycles. The van der Waals surface area contributed by atoms with Crippen molar-refractivity contribution in [2.45, 2.75) is 12.3 Å². The first kappa shape index (κ1) is 26.7.